The molecule has 2 aromatic carbocycles. The fraction of sp³-hybridized carbons (Fsp3) is 0.519. The Morgan fingerprint density at radius 1 is 0.970 bits per heavy atom. The number of hydrogen-bond donors (Lipinski definition) is 1. The van der Waals surface area contributed by atoms with Gasteiger partial charge in [-0.25, -0.2) is 0 Å². The maximum absolute atomic E-state index is 5.65. The van der Waals surface area contributed by atoms with Gasteiger partial charge in [-0.3, -0.25) is 0 Å². The van der Waals surface area contributed by atoms with Crippen LogP contribution < -0.4 is 14.8 Å². The first-order chi connectivity index (χ1) is 16.2. The van der Waals surface area contributed by atoms with E-state index in [-0.39, 0.29) is 0 Å². The molecule has 2 aliphatic heterocycles. The number of nitrogens with one attached hydrogen (secondary N) is 1. The summed E-state index contributed by atoms with van der Waals surface area (Å²) >= 11 is 5.65. The highest BCUT2D eigenvalue weighted by atomic mass is 32.1. The van der Waals surface area contributed by atoms with E-state index in [1.165, 1.54) is 43.5 Å². The Hall–Kier alpha value is -2.31. The summed E-state index contributed by atoms with van der Waals surface area (Å²) in [6.45, 7) is 5.58. The van der Waals surface area contributed by atoms with E-state index in [1.54, 1.807) is 14.2 Å². The number of hydrogen-bond acceptors (Lipinski definition) is 4. The van der Waals surface area contributed by atoms with Crippen molar-refractivity contribution in [2.24, 2.45) is 5.92 Å². The number of nitrogens with zero attached hydrogens (tertiary/aromatic N) is 2. The van der Waals surface area contributed by atoms with Gasteiger partial charge in [-0.1, -0.05) is 36.4 Å². The lowest BCUT2D eigenvalue weighted by Gasteiger charge is -2.35. The molecule has 2 fully saturated rings. The van der Waals surface area contributed by atoms with Crippen LogP contribution in [0.5, 0.6) is 11.5 Å². The SMILES string of the molecule is COc1ccc(CCCN2CCC(CN3C(=S)NC[C@@H]3Cc3ccccc3)CC2)cc1OC. The summed E-state index contributed by atoms with van der Waals surface area (Å²) in [7, 11) is 3.37. The van der Waals surface area contributed by atoms with Gasteiger partial charge < -0.3 is 24.6 Å². The van der Waals surface area contributed by atoms with Crippen molar-refractivity contribution in [3.8, 4) is 11.5 Å². The number of methoxy groups -OCH3 is 2. The monoisotopic (exact) mass is 467 g/mol. The smallest absolute Gasteiger partial charge is 0.169 e. The fourth-order valence-corrected chi connectivity index (χ4v) is 5.40. The van der Waals surface area contributed by atoms with E-state index in [0.717, 1.165) is 55.0 Å². The molecule has 0 aliphatic carbocycles. The van der Waals surface area contributed by atoms with Crippen LogP contribution in [0.1, 0.15) is 30.4 Å². The summed E-state index contributed by atoms with van der Waals surface area (Å²) in [4.78, 5) is 5.08. The average molecular weight is 468 g/mol. The van der Waals surface area contributed by atoms with Crippen molar-refractivity contribution in [2.45, 2.75) is 38.1 Å². The van der Waals surface area contributed by atoms with Crippen LogP contribution in [-0.2, 0) is 12.8 Å². The quantitative estimate of drug-likeness (QED) is 0.529. The molecule has 0 aromatic heterocycles. The number of aryl methyl sites for hydroxylation is 1. The molecule has 2 saturated heterocycles. The second kappa shape index (κ2) is 11.7. The zero-order valence-electron chi connectivity index (χ0n) is 20.0. The Labute approximate surface area is 204 Å². The molecule has 0 radical (unpaired) electrons. The van der Waals surface area contributed by atoms with Crippen molar-refractivity contribution in [2.75, 3.05) is 46.9 Å². The molecule has 4 rings (SSSR count). The third kappa shape index (κ3) is 6.39. The number of likely N-dealkylation sites (tertiary alicyclic amines) is 1. The van der Waals surface area contributed by atoms with Crippen molar-refractivity contribution >= 4 is 17.3 Å². The van der Waals surface area contributed by atoms with Crippen molar-refractivity contribution < 1.29 is 9.47 Å². The number of piperidine rings is 1. The van der Waals surface area contributed by atoms with E-state index in [4.69, 9.17) is 21.7 Å². The summed E-state index contributed by atoms with van der Waals surface area (Å²) in [5, 5.41) is 4.37. The molecule has 5 nitrogen and oxygen atoms in total. The minimum atomic E-state index is 0.472. The third-order valence-electron chi connectivity index (χ3n) is 7.05. The Balaban J connectivity index is 1.20. The van der Waals surface area contributed by atoms with Gasteiger partial charge in [-0.2, -0.15) is 0 Å². The first kappa shape index (κ1) is 23.8. The van der Waals surface area contributed by atoms with Crippen molar-refractivity contribution in [1.29, 1.82) is 0 Å². The summed E-state index contributed by atoms with van der Waals surface area (Å²) in [5.74, 6) is 2.33. The van der Waals surface area contributed by atoms with Gasteiger partial charge >= 0.3 is 0 Å². The molecule has 33 heavy (non-hydrogen) atoms. The van der Waals surface area contributed by atoms with Gasteiger partial charge in [0.25, 0.3) is 0 Å². The highest BCUT2D eigenvalue weighted by molar-refractivity contribution is 7.80. The van der Waals surface area contributed by atoms with Crippen LogP contribution in [0.4, 0.5) is 0 Å². The lowest BCUT2D eigenvalue weighted by Crippen LogP contribution is -2.43. The van der Waals surface area contributed by atoms with Gasteiger partial charge in [0.2, 0.25) is 0 Å². The van der Waals surface area contributed by atoms with E-state index in [1.807, 2.05) is 6.07 Å². The second-order valence-corrected chi connectivity index (χ2v) is 9.65. The first-order valence-electron chi connectivity index (χ1n) is 12.2. The lowest BCUT2D eigenvalue weighted by molar-refractivity contribution is 0.159. The van der Waals surface area contributed by atoms with Crippen molar-refractivity contribution in [3.63, 3.8) is 0 Å². The van der Waals surface area contributed by atoms with Crippen LogP contribution in [-0.4, -0.2) is 67.9 Å². The molecule has 0 bridgehead atoms. The highest BCUT2D eigenvalue weighted by Gasteiger charge is 2.31. The topological polar surface area (TPSA) is 37.0 Å². The number of rotatable bonds is 10. The van der Waals surface area contributed by atoms with Gasteiger partial charge in [-0.15, -0.1) is 0 Å². The summed E-state index contributed by atoms with van der Waals surface area (Å²) in [6, 6.07) is 17.5. The maximum atomic E-state index is 5.65. The van der Waals surface area contributed by atoms with Gasteiger partial charge in [0.1, 0.15) is 0 Å². The molecule has 2 aromatic rings. The van der Waals surface area contributed by atoms with Crippen LogP contribution in [0.2, 0.25) is 0 Å². The second-order valence-electron chi connectivity index (χ2n) is 9.26. The van der Waals surface area contributed by atoms with E-state index in [9.17, 15) is 0 Å². The Morgan fingerprint density at radius 2 is 1.73 bits per heavy atom. The molecule has 6 heteroatoms. The Bertz CT molecular complexity index is 899. The zero-order valence-corrected chi connectivity index (χ0v) is 20.8. The molecular weight excluding hydrogens is 430 g/mol. The minimum Gasteiger partial charge on any atom is -0.493 e. The van der Waals surface area contributed by atoms with Crippen molar-refractivity contribution in [1.82, 2.24) is 15.1 Å². The largest absolute Gasteiger partial charge is 0.493 e. The summed E-state index contributed by atoms with van der Waals surface area (Å²) < 4.78 is 10.8. The highest BCUT2D eigenvalue weighted by Crippen LogP contribution is 2.28. The van der Waals surface area contributed by atoms with Crippen LogP contribution in [0, 0.1) is 5.92 Å². The van der Waals surface area contributed by atoms with Gasteiger partial charge in [0.15, 0.2) is 16.6 Å². The predicted molar refractivity (Wildman–Crippen MR) is 138 cm³/mol. The van der Waals surface area contributed by atoms with Crippen molar-refractivity contribution in [3.05, 3.63) is 59.7 Å². The number of benzene rings is 2. The maximum Gasteiger partial charge on any atom is 0.169 e. The van der Waals surface area contributed by atoms with Crippen LogP contribution in [0.25, 0.3) is 0 Å². The third-order valence-corrected chi connectivity index (χ3v) is 7.43. The molecule has 0 unspecified atom stereocenters. The fourth-order valence-electron chi connectivity index (χ4n) is 5.10. The molecule has 1 atom stereocenters. The number of thiocarbonyl (C=S) groups is 1. The van der Waals surface area contributed by atoms with E-state index < -0.39 is 0 Å². The normalized spacial score (nSPS) is 19.5. The van der Waals surface area contributed by atoms with Crippen LogP contribution in [0.3, 0.4) is 0 Å². The molecule has 0 amide bonds. The predicted octanol–water partition coefficient (Wildman–Crippen LogP) is 4.15. The van der Waals surface area contributed by atoms with E-state index >= 15 is 0 Å². The van der Waals surface area contributed by atoms with E-state index in [2.05, 4.69) is 57.6 Å². The molecule has 2 aliphatic rings. The molecule has 2 heterocycles. The van der Waals surface area contributed by atoms with Crippen LogP contribution in [0.15, 0.2) is 48.5 Å². The molecule has 0 spiro atoms. The minimum absolute atomic E-state index is 0.472. The molecule has 1 N–H and O–H groups in total. The Morgan fingerprint density at radius 3 is 2.45 bits per heavy atom. The summed E-state index contributed by atoms with van der Waals surface area (Å²) in [5.41, 5.74) is 2.70. The zero-order chi connectivity index (χ0) is 23.0. The Kier molecular flexibility index (Phi) is 8.46. The number of ether oxygens (including phenoxy) is 2. The van der Waals surface area contributed by atoms with Gasteiger partial charge in [-0.05, 0) is 93.1 Å². The first-order valence-corrected chi connectivity index (χ1v) is 12.6. The van der Waals surface area contributed by atoms with E-state index in [0.29, 0.717) is 6.04 Å². The van der Waals surface area contributed by atoms with Gasteiger partial charge in [0, 0.05) is 13.1 Å². The molecular formula is C27H37N3O2S. The molecule has 0 saturated carbocycles. The summed E-state index contributed by atoms with van der Waals surface area (Å²) in [6.07, 6.45) is 5.80. The standard InChI is InChI=1S/C27H37N3O2S/c1-31-25-11-10-22(18-26(25)32-2)9-6-14-29-15-12-23(13-16-29)20-30-24(19-28-27(30)33)17-21-7-4-3-5-8-21/h3-5,7-8,10-11,18,23-24H,6,9,12-17,19-20H2,1-2H3,(H,28,33)/t24-/m0/s1. The lowest BCUT2D eigenvalue weighted by atomic mass is 9.95. The van der Waals surface area contributed by atoms with Crippen LogP contribution >= 0.6 is 12.2 Å². The van der Waals surface area contributed by atoms with Gasteiger partial charge in [0.05, 0.1) is 20.3 Å². The molecule has 178 valence electrons. The average Bonchev–Trinajstić information content (AvgIpc) is 3.19.